The topological polar surface area (TPSA) is 92.6 Å². The van der Waals surface area contributed by atoms with Crippen LogP contribution in [-0.2, 0) is 32.8 Å². The van der Waals surface area contributed by atoms with Crippen molar-refractivity contribution in [3.8, 4) is 0 Å². The molecule has 0 spiro atoms. The monoisotopic (exact) mass is 434 g/mol. The highest BCUT2D eigenvalue weighted by Crippen LogP contribution is 2.19. The molecule has 0 atom stereocenters. The molecule has 1 aromatic heterocycles. The lowest BCUT2D eigenvalue weighted by molar-refractivity contribution is 0.403. The summed E-state index contributed by atoms with van der Waals surface area (Å²) < 4.78 is 81.2. The minimum absolute atomic E-state index is 0.000268. The third-order valence-electron chi connectivity index (χ3n) is 4.36. The molecule has 1 fully saturated rings. The van der Waals surface area contributed by atoms with Crippen molar-refractivity contribution in [3.05, 3.63) is 47.9 Å². The largest absolute Gasteiger partial charge is 0.339 e. The van der Waals surface area contributed by atoms with Gasteiger partial charge in [0.05, 0.1) is 12.1 Å². The molecule has 1 aromatic carbocycles. The summed E-state index contributed by atoms with van der Waals surface area (Å²) in [5.41, 5.74) is -0.000268. The number of hydrogen-bond donors (Lipinski definition) is 0. The lowest BCUT2D eigenvalue weighted by atomic mass is 10.2. The van der Waals surface area contributed by atoms with E-state index in [-0.39, 0.29) is 36.8 Å². The highest BCUT2D eigenvalue weighted by molar-refractivity contribution is 7.89. The Morgan fingerprint density at radius 2 is 1.57 bits per heavy atom. The second kappa shape index (κ2) is 7.85. The van der Waals surface area contributed by atoms with Gasteiger partial charge < -0.3 is 4.57 Å². The molecule has 2 aromatic rings. The second-order valence-electron chi connectivity index (χ2n) is 6.57. The molecule has 0 bridgehead atoms. The van der Waals surface area contributed by atoms with Crippen LogP contribution in [0.2, 0.25) is 0 Å². The maximum atomic E-state index is 13.3. The highest BCUT2D eigenvalue weighted by Gasteiger charge is 2.32. The Bertz CT molecular complexity index is 1050. The van der Waals surface area contributed by atoms with E-state index < -0.39 is 37.4 Å². The molecular formula is C16H20F2N4O4S2. The summed E-state index contributed by atoms with van der Waals surface area (Å²) in [5, 5.41) is -0.0958. The molecule has 0 aliphatic carbocycles. The summed E-state index contributed by atoms with van der Waals surface area (Å²) in [5.74, 6) is -2.27. The lowest BCUT2D eigenvalue weighted by Crippen LogP contribution is -2.38. The van der Waals surface area contributed by atoms with Crippen molar-refractivity contribution in [2.24, 2.45) is 7.05 Å². The molecule has 1 saturated heterocycles. The molecule has 2 heterocycles. The average molecular weight is 434 g/mol. The Hall–Kier alpha value is -1.89. The predicted octanol–water partition coefficient (Wildman–Crippen LogP) is 0.925. The number of sulfonamides is 2. The van der Waals surface area contributed by atoms with Gasteiger partial charge in [0.1, 0.15) is 11.6 Å². The van der Waals surface area contributed by atoms with E-state index in [0.717, 1.165) is 16.4 Å². The number of rotatable bonds is 5. The third-order valence-corrected chi connectivity index (χ3v) is 8.00. The molecule has 0 saturated carbocycles. The molecular weight excluding hydrogens is 414 g/mol. The van der Waals surface area contributed by atoms with Crippen LogP contribution in [0.15, 0.2) is 35.7 Å². The number of hydrogen-bond acceptors (Lipinski definition) is 5. The zero-order chi connectivity index (χ0) is 20.5. The molecule has 154 valence electrons. The highest BCUT2D eigenvalue weighted by atomic mass is 32.2. The number of halogens is 2. The number of imidazole rings is 1. The summed E-state index contributed by atoms with van der Waals surface area (Å²) in [6.07, 6.45) is 3.05. The van der Waals surface area contributed by atoms with Crippen molar-refractivity contribution in [2.75, 3.05) is 26.2 Å². The van der Waals surface area contributed by atoms with Gasteiger partial charge in [0.2, 0.25) is 10.0 Å². The fraction of sp³-hybridized carbons (Fsp3) is 0.438. The van der Waals surface area contributed by atoms with E-state index in [0.29, 0.717) is 12.5 Å². The van der Waals surface area contributed by atoms with Crippen molar-refractivity contribution in [1.82, 2.24) is 18.2 Å². The van der Waals surface area contributed by atoms with Crippen LogP contribution in [0.1, 0.15) is 12.0 Å². The van der Waals surface area contributed by atoms with Crippen LogP contribution >= 0.6 is 0 Å². The molecule has 28 heavy (non-hydrogen) atoms. The molecule has 0 N–H and O–H groups in total. The Morgan fingerprint density at radius 3 is 2.18 bits per heavy atom. The maximum absolute atomic E-state index is 13.3. The van der Waals surface area contributed by atoms with Crippen molar-refractivity contribution in [1.29, 1.82) is 0 Å². The quantitative estimate of drug-likeness (QED) is 0.698. The first-order chi connectivity index (χ1) is 13.1. The Labute approximate surface area is 162 Å². The first kappa shape index (κ1) is 20.8. The number of aromatic nitrogens is 2. The molecule has 0 unspecified atom stereocenters. The van der Waals surface area contributed by atoms with Gasteiger partial charge in [-0.1, -0.05) is 0 Å². The molecule has 8 nitrogen and oxygen atoms in total. The van der Waals surface area contributed by atoms with Crippen LogP contribution in [0.3, 0.4) is 0 Å². The molecule has 12 heteroatoms. The zero-order valence-electron chi connectivity index (χ0n) is 15.1. The molecule has 3 rings (SSSR count). The van der Waals surface area contributed by atoms with Gasteiger partial charge >= 0.3 is 0 Å². The van der Waals surface area contributed by atoms with Crippen molar-refractivity contribution >= 4 is 20.0 Å². The molecule has 0 radical (unpaired) electrons. The molecule has 1 aliphatic heterocycles. The Balaban J connectivity index is 1.73. The number of aryl methyl sites for hydroxylation is 1. The predicted molar refractivity (Wildman–Crippen MR) is 97.1 cm³/mol. The minimum atomic E-state index is -3.86. The normalized spacial score (nSPS) is 17.5. The van der Waals surface area contributed by atoms with E-state index in [1.807, 2.05) is 0 Å². The van der Waals surface area contributed by atoms with Gasteiger partial charge in [0.15, 0.2) is 5.03 Å². The summed E-state index contributed by atoms with van der Waals surface area (Å²) >= 11 is 0. The van der Waals surface area contributed by atoms with E-state index in [4.69, 9.17) is 0 Å². The van der Waals surface area contributed by atoms with Crippen molar-refractivity contribution in [2.45, 2.75) is 17.2 Å². The fourth-order valence-electron chi connectivity index (χ4n) is 3.04. The standard InChI is InChI=1S/C16H20F2N4O4S2/c1-20-10-16(19-12-20)28(25,26)22-4-2-3-21(5-6-22)27(23,24)11-13-7-14(17)9-15(18)8-13/h7-10,12H,2-6,11H2,1H3. The van der Waals surface area contributed by atoms with Gasteiger partial charge in [-0.2, -0.15) is 4.31 Å². The van der Waals surface area contributed by atoms with E-state index in [1.54, 1.807) is 7.05 Å². The molecule has 0 amide bonds. The molecule has 1 aliphatic rings. The van der Waals surface area contributed by atoms with Crippen LogP contribution in [0.5, 0.6) is 0 Å². The van der Waals surface area contributed by atoms with Crippen LogP contribution in [0.4, 0.5) is 8.78 Å². The summed E-state index contributed by atoms with van der Waals surface area (Å²) in [6.45, 7) is 0.190. The summed E-state index contributed by atoms with van der Waals surface area (Å²) in [4.78, 5) is 3.86. The van der Waals surface area contributed by atoms with Gasteiger partial charge in [-0.05, 0) is 24.1 Å². The Morgan fingerprint density at radius 1 is 0.964 bits per heavy atom. The van der Waals surface area contributed by atoms with E-state index in [1.165, 1.54) is 21.4 Å². The summed E-state index contributed by atoms with van der Waals surface area (Å²) in [7, 11) is -6.04. The average Bonchev–Trinajstić information content (AvgIpc) is 2.86. The fourth-order valence-corrected chi connectivity index (χ4v) is 6.01. The van der Waals surface area contributed by atoms with E-state index in [9.17, 15) is 25.6 Å². The number of benzene rings is 1. The summed E-state index contributed by atoms with van der Waals surface area (Å²) in [6, 6.07) is 2.61. The van der Waals surface area contributed by atoms with Gasteiger partial charge in [0, 0.05) is 45.5 Å². The second-order valence-corrected chi connectivity index (χ2v) is 10.4. The third kappa shape index (κ3) is 4.57. The minimum Gasteiger partial charge on any atom is -0.339 e. The first-order valence-electron chi connectivity index (χ1n) is 8.49. The van der Waals surface area contributed by atoms with Gasteiger partial charge in [-0.25, -0.2) is 34.9 Å². The van der Waals surface area contributed by atoms with Crippen molar-refractivity contribution < 1.29 is 25.6 Å². The maximum Gasteiger partial charge on any atom is 0.262 e. The van der Waals surface area contributed by atoms with E-state index in [2.05, 4.69) is 4.98 Å². The van der Waals surface area contributed by atoms with Gasteiger partial charge in [-0.15, -0.1) is 0 Å². The van der Waals surface area contributed by atoms with Crippen LogP contribution in [0.25, 0.3) is 0 Å². The zero-order valence-corrected chi connectivity index (χ0v) is 16.8. The van der Waals surface area contributed by atoms with Crippen molar-refractivity contribution in [3.63, 3.8) is 0 Å². The SMILES string of the molecule is Cn1cnc(S(=O)(=O)N2CCCN(S(=O)(=O)Cc3cc(F)cc(F)c3)CC2)c1. The smallest absolute Gasteiger partial charge is 0.262 e. The van der Waals surface area contributed by atoms with Crippen LogP contribution in [-0.4, -0.2) is 61.2 Å². The van der Waals surface area contributed by atoms with Gasteiger partial charge in [-0.3, -0.25) is 0 Å². The number of nitrogens with zero attached hydrogens (tertiary/aromatic N) is 4. The van der Waals surface area contributed by atoms with Gasteiger partial charge in [0.25, 0.3) is 10.0 Å². The van der Waals surface area contributed by atoms with E-state index >= 15 is 0 Å². The Kier molecular flexibility index (Phi) is 5.84. The lowest BCUT2D eigenvalue weighted by Gasteiger charge is -2.21. The van der Waals surface area contributed by atoms with Crippen LogP contribution < -0.4 is 0 Å². The van der Waals surface area contributed by atoms with Crippen LogP contribution in [0, 0.1) is 11.6 Å². The first-order valence-corrected chi connectivity index (χ1v) is 11.5.